The van der Waals surface area contributed by atoms with Gasteiger partial charge in [0.15, 0.2) is 9.84 Å². The summed E-state index contributed by atoms with van der Waals surface area (Å²) in [6, 6.07) is 9.56. The Bertz CT molecular complexity index is 928. The summed E-state index contributed by atoms with van der Waals surface area (Å²) >= 11 is 0. The van der Waals surface area contributed by atoms with Crippen molar-refractivity contribution in [2.45, 2.75) is 19.4 Å². The molecule has 1 aromatic heterocycles. The summed E-state index contributed by atoms with van der Waals surface area (Å²) in [5.41, 5.74) is 2.64. The number of hydrogen-bond acceptors (Lipinski definition) is 5. The normalized spacial score (nSPS) is 22.9. The van der Waals surface area contributed by atoms with Crippen LogP contribution in [0.4, 0.5) is 0 Å². The zero-order valence-corrected chi connectivity index (χ0v) is 16.2. The third kappa shape index (κ3) is 3.77. The number of nitrogens with zero attached hydrogens (tertiary/aromatic N) is 4. The van der Waals surface area contributed by atoms with Gasteiger partial charge in [-0.25, -0.2) is 13.1 Å². The quantitative estimate of drug-likeness (QED) is 0.788. The van der Waals surface area contributed by atoms with E-state index >= 15 is 0 Å². The summed E-state index contributed by atoms with van der Waals surface area (Å²) in [4.78, 5) is 16.9. The van der Waals surface area contributed by atoms with Crippen LogP contribution in [0, 0.1) is 6.92 Å². The molecule has 0 radical (unpaired) electrons. The number of amides is 1. The van der Waals surface area contributed by atoms with Crippen molar-refractivity contribution in [3.63, 3.8) is 0 Å². The Balaban J connectivity index is 1.37. The van der Waals surface area contributed by atoms with Crippen LogP contribution in [-0.2, 0) is 9.84 Å². The topological polar surface area (TPSA) is 75.5 Å². The van der Waals surface area contributed by atoms with Crippen molar-refractivity contribution in [3.05, 3.63) is 47.8 Å². The number of hydrogen-bond donors (Lipinski definition) is 0. The van der Waals surface area contributed by atoms with E-state index in [2.05, 4.69) is 10.00 Å². The number of rotatable bonds is 3. The molecule has 7 nitrogen and oxygen atoms in total. The fourth-order valence-corrected chi connectivity index (χ4v) is 5.68. The van der Waals surface area contributed by atoms with E-state index in [0.29, 0.717) is 30.8 Å². The standard InChI is InChI=1S/C19H24N4O3S/c1-15-6-8-20-23(15)17-4-2-16(3-5-17)19(24)22-11-9-21(10-12-22)18-7-13-27(25,26)14-18/h2-6,8,18H,7,9-14H2,1H3. The van der Waals surface area contributed by atoms with Gasteiger partial charge in [-0.2, -0.15) is 5.10 Å². The first-order valence-electron chi connectivity index (χ1n) is 9.28. The van der Waals surface area contributed by atoms with Crippen LogP contribution in [0.15, 0.2) is 36.5 Å². The highest BCUT2D eigenvalue weighted by atomic mass is 32.2. The van der Waals surface area contributed by atoms with Gasteiger partial charge in [0.1, 0.15) is 0 Å². The van der Waals surface area contributed by atoms with E-state index in [1.807, 2.05) is 46.8 Å². The van der Waals surface area contributed by atoms with Gasteiger partial charge < -0.3 is 4.90 Å². The lowest BCUT2D eigenvalue weighted by atomic mass is 10.1. The van der Waals surface area contributed by atoms with E-state index in [-0.39, 0.29) is 17.7 Å². The van der Waals surface area contributed by atoms with Crippen LogP contribution < -0.4 is 0 Å². The van der Waals surface area contributed by atoms with E-state index in [1.54, 1.807) is 6.20 Å². The summed E-state index contributed by atoms with van der Waals surface area (Å²) in [5, 5.41) is 4.28. The van der Waals surface area contributed by atoms with Crippen LogP contribution in [0.2, 0.25) is 0 Å². The monoisotopic (exact) mass is 388 g/mol. The van der Waals surface area contributed by atoms with E-state index < -0.39 is 9.84 Å². The lowest BCUT2D eigenvalue weighted by Gasteiger charge is -2.37. The minimum Gasteiger partial charge on any atom is -0.336 e. The third-order valence-electron chi connectivity index (χ3n) is 5.52. The van der Waals surface area contributed by atoms with E-state index in [1.165, 1.54) is 0 Å². The largest absolute Gasteiger partial charge is 0.336 e. The van der Waals surface area contributed by atoms with Gasteiger partial charge in [-0.05, 0) is 43.7 Å². The van der Waals surface area contributed by atoms with E-state index in [0.717, 1.165) is 24.5 Å². The molecule has 144 valence electrons. The first kappa shape index (κ1) is 18.2. The molecular formula is C19H24N4O3S. The number of piperazine rings is 1. The highest BCUT2D eigenvalue weighted by Gasteiger charge is 2.34. The number of carbonyl (C=O) groups excluding carboxylic acids is 1. The summed E-state index contributed by atoms with van der Waals surface area (Å²) < 4.78 is 25.2. The number of aryl methyl sites for hydroxylation is 1. The molecule has 0 spiro atoms. The minimum absolute atomic E-state index is 0.0254. The van der Waals surface area contributed by atoms with Gasteiger partial charge in [-0.15, -0.1) is 0 Å². The molecule has 0 N–H and O–H groups in total. The Morgan fingerprint density at radius 2 is 1.78 bits per heavy atom. The summed E-state index contributed by atoms with van der Waals surface area (Å²) in [6.45, 7) is 4.72. The predicted octanol–water partition coefficient (Wildman–Crippen LogP) is 1.13. The van der Waals surface area contributed by atoms with Gasteiger partial charge in [-0.1, -0.05) is 0 Å². The Morgan fingerprint density at radius 3 is 2.33 bits per heavy atom. The van der Waals surface area contributed by atoms with Gasteiger partial charge in [0.2, 0.25) is 0 Å². The van der Waals surface area contributed by atoms with Crippen LogP contribution >= 0.6 is 0 Å². The van der Waals surface area contributed by atoms with Gasteiger partial charge in [0, 0.05) is 49.7 Å². The van der Waals surface area contributed by atoms with E-state index in [4.69, 9.17) is 0 Å². The van der Waals surface area contributed by atoms with Crippen LogP contribution in [0.25, 0.3) is 5.69 Å². The van der Waals surface area contributed by atoms with Crippen molar-refractivity contribution in [3.8, 4) is 5.69 Å². The van der Waals surface area contributed by atoms with Crippen molar-refractivity contribution in [1.82, 2.24) is 19.6 Å². The number of carbonyl (C=O) groups is 1. The fourth-order valence-electron chi connectivity index (χ4n) is 3.92. The molecule has 1 amide bonds. The average molecular weight is 388 g/mol. The maximum atomic E-state index is 12.8. The summed E-state index contributed by atoms with van der Waals surface area (Å²) in [6.07, 6.45) is 2.47. The van der Waals surface area contributed by atoms with Crippen molar-refractivity contribution in [2.24, 2.45) is 0 Å². The second kappa shape index (κ2) is 7.09. The fraction of sp³-hybridized carbons (Fsp3) is 0.474. The molecule has 0 bridgehead atoms. The molecule has 0 saturated carbocycles. The average Bonchev–Trinajstić information content (AvgIpc) is 3.26. The molecule has 27 heavy (non-hydrogen) atoms. The zero-order chi connectivity index (χ0) is 19.0. The van der Waals surface area contributed by atoms with Crippen molar-refractivity contribution >= 4 is 15.7 Å². The Morgan fingerprint density at radius 1 is 1.07 bits per heavy atom. The number of aromatic nitrogens is 2. The highest BCUT2D eigenvalue weighted by molar-refractivity contribution is 7.91. The maximum absolute atomic E-state index is 12.8. The number of benzene rings is 1. The Kier molecular flexibility index (Phi) is 4.77. The van der Waals surface area contributed by atoms with Gasteiger partial charge in [0.25, 0.3) is 5.91 Å². The Labute approximate surface area is 159 Å². The van der Waals surface area contributed by atoms with Crippen LogP contribution in [0.1, 0.15) is 22.5 Å². The molecule has 2 aromatic rings. The molecule has 2 aliphatic heterocycles. The molecule has 1 atom stereocenters. The molecule has 1 aromatic carbocycles. The zero-order valence-electron chi connectivity index (χ0n) is 15.4. The lowest BCUT2D eigenvalue weighted by Crippen LogP contribution is -2.52. The van der Waals surface area contributed by atoms with Crippen LogP contribution in [0.5, 0.6) is 0 Å². The molecule has 1 unspecified atom stereocenters. The van der Waals surface area contributed by atoms with Gasteiger partial charge in [0.05, 0.1) is 17.2 Å². The second-order valence-corrected chi connectivity index (χ2v) is 9.55. The van der Waals surface area contributed by atoms with Crippen LogP contribution in [-0.4, -0.2) is 77.6 Å². The predicted molar refractivity (Wildman–Crippen MR) is 103 cm³/mol. The summed E-state index contributed by atoms with van der Waals surface area (Å²) in [7, 11) is -2.87. The van der Waals surface area contributed by atoms with Gasteiger partial charge in [-0.3, -0.25) is 9.69 Å². The molecule has 4 rings (SSSR count). The first-order valence-corrected chi connectivity index (χ1v) is 11.1. The molecule has 2 aliphatic rings. The smallest absolute Gasteiger partial charge is 0.253 e. The van der Waals surface area contributed by atoms with Crippen LogP contribution in [0.3, 0.4) is 0 Å². The molecule has 8 heteroatoms. The third-order valence-corrected chi connectivity index (χ3v) is 7.27. The molecule has 0 aliphatic carbocycles. The van der Waals surface area contributed by atoms with Crippen molar-refractivity contribution in [2.75, 3.05) is 37.7 Å². The van der Waals surface area contributed by atoms with E-state index in [9.17, 15) is 13.2 Å². The maximum Gasteiger partial charge on any atom is 0.253 e. The SMILES string of the molecule is Cc1ccnn1-c1ccc(C(=O)N2CCN(C3CCS(=O)(=O)C3)CC2)cc1. The highest BCUT2D eigenvalue weighted by Crippen LogP contribution is 2.20. The molecule has 2 saturated heterocycles. The molecular weight excluding hydrogens is 364 g/mol. The van der Waals surface area contributed by atoms with Crippen molar-refractivity contribution < 1.29 is 13.2 Å². The first-order chi connectivity index (χ1) is 12.9. The number of sulfone groups is 1. The summed E-state index contributed by atoms with van der Waals surface area (Å²) in [5.74, 6) is 0.575. The van der Waals surface area contributed by atoms with Crippen molar-refractivity contribution in [1.29, 1.82) is 0 Å². The molecule has 2 fully saturated rings. The Hall–Kier alpha value is -2.19. The van der Waals surface area contributed by atoms with Gasteiger partial charge >= 0.3 is 0 Å². The lowest BCUT2D eigenvalue weighted by molar-refractivity contribution is 0.0588. The minimum atomic E-state index is -2.87. The second-order valence-electron chi connectivity index (χ2n) is 7.32. The molecule has 3 heterocycles.